The molecule has 0 saturated heterocycles. The van der Waals surface area contributed by atoms with Crippen molar-refractivity contribution in [2.24, 2.45) is 5.41 Å². The Balaban J connectivity index is 2.13. The molecule has 20 heavy (non-hydrogen) atoms. The van der Waals surface area contributed by atoms with Crippen molar-refractivity contribution >= 4 is 5.78 Å². The van der Waals surface area contributed by atoms with Crippen molar-refractivity contribution < 1.29 is 4.79 Å². The average Bonchev–Trinajstić information content (AvgIpc) is 2.85. The highest BCUT2D eigenvalue weighted by atomic mass is 16.1. The van der Waals surface area contributed by atoms with E-state index in [4.69, 9.17) is 0 Å². The molecule has 1 aliphatic rings. The van der Waals surface area contributed by atoms with Crippen LogP contribution in [-0.4, -0.2) is 5.78 Å². The summed E-state index contributed by atoms with van der Waals surface area (Å²) >= 11 is 0. The molecule has 1 heteroatoms. The summed E-state index contributed by atoms with van der Waals surface area (Å²) in [6.45, 7) is 6.16. The van der Waals surface area contributed by atoms with Crippen LogP contribution in [0.15, 0.2) is 42.5 Å². The molecular formula is C19H20O. The molecule has 102 valence electrons. The van der Waals surface area contributed by atoms with Crippen molar-refractivity contribution in [2.75, 3.05) is 0 Å². The highest BCUT2D eigenvalue weighted by Crippen LogP contribution is 2.40. The molecule has 0 bridgehead atoms. The number of hydrogen-bond donors (Lipinski definition) is 0. The molecule has 0 aliphatic heterocycles. The van der Waals surface area contributed by atoms with Crippen LogP contribution in [0.4, 0.5) is 0 Å². The van der Waals surface area contributed by atoms with Crippen LogP contribution in [0.5, 0.6) is 0 Å². The Kier molecular flexibility index (Phi) is 3.01. The summed E-state index contributed by atoms with van der Waals surface area (Å²) in [6.07, 6.45) is 1.75. The number of fused-ring (bicyclic) bond motifs is 3. The lowest BCUT2D eigenvalue weighted by Crippen LogP contribution is -2.24. The van der Waals surface area contributed by atoms with Crippen LogP contribution in [0, 0.1) is 5.41 Å². The maximum atomic E-state index is 12.8. The molecule has 3 rings (SSSR count). The van der Waals surface area contributed by atoms with Crippen LogP contribution in [-0.2, 0) is 6.42 Å². The Morgan fingerprint density at radius 2 is 1.75 bits per heavy atom. The standard InChI is InChI=1S/C19H20O/c1-4-19(2,3)18(20)16-11-7-10-15-14-9-6-5-8-13(14)12-17(15)16/h5-11H,4,12H2,1-3H3. The van der Waals surface area contributed by atoms with Crippen molar-refractivity contribution in [1.29, 1.82) is 0 Å². The monoisotopic (exact) mass is 264 g/mol. The van der Waals surface area contributed by atoms with Gasteiger partial charge in [0.2, 0.25) is 0 Å². The first-order valence-corrected chi connectivity index (χ1v) is 7.29. The minimum atomic E-state index is -0.288. The third kappa shape index (κ3) is 1.89. The molecule has 0 unspecified atom stereocenters. The van der Waals surface area contributed by atoms with Crippen LogP contribution in [0.25, 0.3) is 11.1 Å². The third-order valence-corrected chi connectivity index (χ3v) is 4.59. The van der Waals surface area contributed by atoms with Gasteiger partial charge in [0.25, 0.3) is 0 Å². The number of rotatable bonds is 3. The van der Waals surface area contributed by atoms with E-state index in [1.54, 1.807) is 0 Å². The van der Waals surface area contributed by atoms with Crippen molar-refractivity contribution in [1.82, 2.24) is 0 Å². The first-order valence-electron chi connectivity index (χ1n) is 7.29. The molecule has 0 saturated carbocycles. The van der Waals surface area contributed by atoms with Gasteiger partial charge in [-0.25, -0.2) is 0 Å². The summed E-state index contributed by atoms with van der Waals surface area (Å²) < 4.78 is 0. The summed E-state index contributed by atoms with van der Waals surface area (Å²) in [5.41, 5.74) is 5.68. The largest absolute Gasteiger partial charge is 0.294 e. The fraction of sp³-hybridized carbons (Fsp3) is 0.316. The Morgan fingerprint density at radius 1 is 1.05 bits per heavy atom. The second kappa shape index (κ2) is 4.59. The highest BCUT2D eigenvalue weighted by molar-refractivity contribution is 6.03. The highest BCUT2D eigenvalue weighted by Gasteiger charge is 2.31. The van der Waals surface area contributed by atoms with Gasteiger partial charge in [-0.05, 0) is 35.1 Å². The Labute approximate surface area is 120 Å². The first kappa shape index (κ1) is 13.1. The van der Waals surface area contributed by atoms with Gasteiger partial charge in [0.1, 0.15) is 0 Å². The van der Waals surface area contributed by atoms with Crippen LogP contribution in [0.1, 0.15) is 48.7 Å². The van der Waals surface area contributed by atoms with Crippen molar-refractivity contribution in [3.05, 3.63) is 59.2 Å². The molecular weight excluding hydrogens is 244 g/mol. The summed E-state index contributed by atoms with van der Waals surface area (Å²) in [5.74, 6) is 0.268. The molecule has 1 nitrogen and oxygen atoms in total. The zero-order valence-electron chi connectivity index (χ0n) is 12.4. The van der Waals surface area contributed by atoms with Gasteiger partial charge in [-0.15, -0.1) is 0 Å². The van der Waals surface area contributed by atoms with Crippen LogP contribution in [0.2, 0.25) is 0 Å². The lowest BCUT2D eigenvalue weighted by molar-refractivity contribution is 0.0832. The summed E-state index contributed by atoms with van der Waals surface area (Å²) in [6, 6.07) is 14.6. The quantitative estimate of drug-likeness (QED) is 0.616. The van der Waals surface area contributed by atoms with E-state index in [-0.39, 0.29) is 11.2 Å². The molecule has 2 aromatic rings. The second-order valence-electron chi connectivity index (χ2n) is 6.23. The molecule has 0 heterocycles. The lowest BCUT2D eigenvalue weighted by Gasteiger charge is -2.22. The van der Waals surface area contributed by atoms with Crippen LogP contribution >= 0.6 is 0 Å². The molecule has 0 spiro atoms. The number of carbonyl (C=O) groups is 1. The molecule has 0 N–H and O–H groups in total. The molecule has 0 radical (unpaired) electrons. The third-order valence-electron chi connectivity index (χ3n) is 4.59. The van der Waals surface area contributed by atoms with Gasteiger partial charge in [0.15, 0.2) is 5.78 Å². The van der Waals surface area contributed by atoms with E-state index in [0.29, 0.717) is 0 Å². The van der Waals surface area contributed by atoms with Gasteiger partial charge in [0.05, 0.1) is 0 Å². The van der Waals surface area contributed by atoms with Crippen LogP contribution in [0.3, 0.4) is 0 Å². The SMILES string of the molecule is CCC(C)(C)C(=O)c1cccc2c1Cc1ccccc1-2. The van der Waals surface area contributed by atoms with E-state index in [0.717, 1.165) is 18.4 Å². The predicted molar refractivity (Wildman–Crippen MR) is 83.1 cm³/mol. The van der Waals surface area contributed by atoms with E-state index in [1.165, 1.54) is 22.3 Å². The van der Waals surface area contributed by atoms with Gasteiger partial charge in [0, 0.05) is 11.0 Å². The number of carbonyl (C=O) groups excluding carboxylic acids is 1. The molecule has 0 atom stereocenters. The first-order chi connectivity index (χ1) is 9.54. The number of Topliss-reactive ketones (excluding diaryl/α,β-unsaturated/α-hetero) is 1. The van der Waals surface area contributed by atoms with E-state index >= 15 is 0 Å². The summed E-state index contributed by atoms with van der Waals surface area (Å²) in [4.78, 5) is 12.8. The van der Waals surface area contributed by atoms with Crippen molar-refractivity contribution in [3.8, 4) is 11.1 Å². The maximum Gasteiger partial charge on any atom is 0.168 e. The fourth-order valence-corrected chi connectivity index (χ4v) is 2.90. The maximum absolute atomic E-state index is 12.8. The lowest BCUT2D eigenvalue weighted by atomic mass is 9.80. The summed E-state index contributed by atoms with van der Waals surface area (Å²) in [5, 5.41) is 0. The van der Waals surface area contributed by atoms with Gasteiger partial charge < -0.3 is 0 Å². The fourth-order valence-electron chi connectivity index (χ4n) is 2.90. The second-order valence-corrected chi connectivity index (χ2v) is 6.23. The zero-order valence-corrected chi connectivity index (χ0v) is 12.4. The van der Waals surface area contributed by atoms with E-state index in [1.807, 2.05) is 26.0 Å². The smallest absolute Gasteiger partial charge is 0.168 e. The van der Waals surface area contributed by atoms with Crippen molar-refractivity contribution in [2.45, 2.75) is 33.6 Å². The minimum Gasteiger partial charge on any atom is -0.294 e. The van der Waals surface area contributed by atoms with Gasteiger partial charge in [-0.3, -0.25) is 4.79 Å². The number of ketones is 1. The Morgan fingerprint density at radius 3 is 2.50 bits per heavy atom. The minimum absolute atomic E-state index is 0.268. The molecule has 0 aromatic heterocycles. The van der Waals surface area contributed by atoms with Crippen LogP contribution < -0.4 is 0 Å². The average molecular weight is 264 g/mol. The molecule has 0 amide bonds. The normalized spacial score (nSPS) is 12.9. The van der Waals surface area contributed by atoms with E-state index in [9.17, 15) is 4.79 Å². The molecule has 2 aromatic carbocycles. The number of benzene rings is 2. The number of hydrogen-bond acceptors (Lipinski definition) is 1. The topological polar surface area (TPSA) is 17.1 Å². The predicted octanol–water partition coefficient (Wildman–Crippen LogP) is 4.88. The van der Waals surface area contributed by atoms with E-state index < -0.39 is 0 Å². The van der Waals surface area contributed by atoms with Gasteiger partial charge >= 0.3 is 0 Å². The van der Waals surface area contributed by atoms with Gasteiger partial charge in [-0.1, -0.05) is 63.2 Å². The molecule has 0 fully saturated rings. The van der Waals surface area contributed by atoms with E-state index in [2.05, 4.69) is 37.3 Å². The zero-order chi connectivity index (χ0) is 14.3. The van der Waals surface area contributed by atoms with Crippen molar-refractivity contribution in [3.63, 3.8) is 0 Å². The molecule has 1 aliphatic carbocycles. The Hall–Kier alpha value is -1.89. The van der Waals surface area contributed by atoms with Gasteiger partial charge in [-0.2, -0.15) is 0 Å². The Bertz CT molecular complexity index is 680. The summed E-state index contributed by atoms with van der Waals surface area (Å²) in [7, 11) is 0.